The van der Waals surface area contributed by atoms with Gasteiger partial charge in [-0.15, -0.1) is 0 Å². The molecule has 1 aromatic rings. The fourth-order valence-electron chi connectivity index (χ4n) is 3.39. The first-order chi connectivity index (χ1) is 11.2. The topological polar surface area (TPSA) is 49.4 Å². The van der Waals surface area contributed by atoms with E-state index in [1.165, 1.54) is 0 Å². The maximum absolute atomic E-state index is 12.4. The minimum atomic E-state index is -0.129. The van der Waals surface area contributed by atoms with Crippen LogP contribution in [0, 0.1) is 5.92 Å². The summed E-state index contributed by atoms with van der Waals surface area (Å²) in [7, 11) is 0. The summed E-state index contributed by atoms with van der Waals surface area (Å²) in [6, 6.07) is 9.81. The highest BCUT2D eigenvalue weighted by atomic mass is 16.2. The summed E-state index contributed by atoms with van der Waals surface area (Å²) in [5, 5.41) is 3.14. The predicted molar refractivity (Wildman–Crippen MR) is 89.6 cm³/mol. The quantitative estimate of drug-likeness (QED) is 0.821. The first kappa shape index (κ1) is 15.8. The number of hydrogen-bond acceptors (Lipinski definition) is 2. The number of allylic oxidation sites excluding steroid dienone is 2. The van der Waals surface area contributed by atoms with Gasteiger partial charge in [0.15, 0.2) is 0 Å². The molecular formula is C19H24N2O2. The van der Waals surface area contributed by atoms with Gasteiger partial charge in [0.2, 0.25) is 11.8 Å². The number of nitrogens with zero attached hydrogens (tertiary/aromatic N) is 1. The maximum atomic E-state index is 12.4. The molecule has 0 saturated carbocycles. The summed E-state index contributed by atoms with van der Waals surface area (Å²) in [4.78, 5) is 26.2. The number of nitrogens with one attached hydrogen (secondary N) is 1. The summed E-state index contributed by atoms with van der Waals surface area (Å²) in [5.74, 6) is 0.626. The highest BCUT2D eigenvalue weighted by Crippen LogP contribution is 2.22. The van der Waals surface area contributed by atoms with Crippen molar-refractivity contribution in [3.05, 3.63) is 48.0 Å². The minimum absolute atomic E-state index is 0.0713. The zero-order valence-corrected chi connectivity index (χ0v) is 13.4. The van der Waals surface area contributed by atoms with Gasteiger partial charge in [-0.1, -0.05) is 42.5 Å². The number of amides is 2. The highest BCUT2D eigenvalue weighted by Gasteiger charge is 2.25. The molecule has 23 heavy (non-hydrogen) atoms. The minimum Gasteiger partial charge on any atom is -0.347 e. The third kappa shape index (κ3) is 4.21. The van der Waals surface area contributed by atoms with Crippen LogP contribution < -0.4 is 5.32 Å². The van der Waals surface area contributed by atoms with E-state index in [0.29, 0.717) is 25.3 Å². The molecule has 0 spiro atoms. The third-order valence-corrected chi connectivity index (χ3v) is 4.67. The Bertz CT molecular complexity index is 582. The van der Waals surface area contributed by atoms with E-state index >= 15 is 0 Å². The zero-order chi connectivity index (χ0) is 16.1. The zero-order valence-electron chi connectivity index (χ0n) is 13.4. The Hall–Kier alpha value is -2.10. The lowest BCUT2D eigenvalue weighted by atomic mass is 10.0. The van der Waals surface area contributed by atoms with Crippen LogP contribution in [0.1, 0.15) is 43.7 Å². The van der Waals surface area contributed by atoms with Gasteiger partial charge in [0.25, 0.3) is 0 Å². The number of carbonyl (C=O) groups is 2. The third-order valence-electron chi connectivity index (χ3n) is 4.67. The van der Waals surface area contributed by atoms with Gasteiger partial charge in [-0.2, -0.15) is 0 Å². The molecule has 0 radical (unpaired) electrons. The summed E-state index contributed by atoms with van der Waals surface area (Å²) < 4.78 is 0. The number of carbonyl (C=O) groups excluding carboxylic acids is 2. The van der Waals surface area contributed by atoms with Crippen molar-refractivity contribution in [3.63, 3.8) is 0 Å². The standard InChI is InChI=1S/C19H24N2O2/c22-18(13-15-7-4-5-8-15)20-17(16-9-2-1-3-10-16)14-21-12-6-11-19(21)23/h1-4,7,9-10,15,17H,5-6,8,11-14H2,(H,20,22)/t15-,17+/m0/s1. The molecule has 1 saturated heterocycles. The average Bonchev–Trinajstić information content (AvgIpc) is 3.20. The van der Waals surface area contributed by atoms with Crippen LogP contribution in [0.3, 0.4) is 0 Å². The predicted octanol–water partition coefficient (Wildman–Crippen LogP) is 2.82. The van der Waals surface area contributed by atoms with Gasteiger partial charge >= 0.3 is 0 Å². The van der Waals surface area contributed by atoms with E-state index in [1.807, 2.05) is 35.2 Å². The second-order valence-electron chi connectivity index (χ2n) is 6.44. The molecule has 1 aliphatic carbocycles. The Morgan fingerprint density at radius 3 is 2.78 bits per heavy atom. The SMILES string of the molecule is O=C(C[C@H]1C=CCC1)N[C@H](CN1CCCC1=O)c1ccccc1. The molecule has 0 unspecified atom stereocenters. The summed E-state index contributed by atoms with van der Waals surface area (Å²) in [6.07, 6.45) is 8.50. The van der Waals surface area contributed by atoms with Gasteiger partial charge in [0.05, 0.1) is 6.04 Å². The molecule has 2 atom stereocenters. The molecular weight excluding hydrogens is 288 g/mol. The van der Waals surface area contributed by atoms with Crippen molar-refractivity contribution in [2.24, 2.45) is 5.92 Å². The molecule has 1 fully saturated rings. The number of rotatable bonds is 6. The van der Waals surface area contributed by atoms with E-state index in [9.17, 15) is 9.59 Å². The Morgan fingerprint density at radius 1 is 1.30 bits per heavy atom. The van der Waals surface area contributed by atoms with Crippen molar-refractivity contribution >= 4 is 11.8 Å². The molecule has 2 aliphatic rings. The fraction of sp³-hybridized carbons (Fsp3) is 0.474. The van der Waals surface area contributed by atoms with E-state index < -0.39 is 0 Å². The average molecular weight is 312 g/mol. The molecule has 122 valence electrons. The molecule has 1 heterocycles. The Labute approximate surface area is 137 Å². The Kier molecular flexibility index (Phi) is 5.11. The summed E-state index contributed by atoms with van der Waals surface area (Å²) >= 11 is 0. The van der Waals surface area contributed by atoms with Crippen LogP contribution in [0.2, 0.25) is 0 Å². The van der Waals surface area contributed by atoms with Gasteiger partial charge in [-0.3, -0.25) is 9.59 Å². The molecule has 3 rings (SSSR count). The van der Waals surface area contributed by atoms with Crippen LogP contribution >= 0.6 is 0 Å². The van der Waals surface area contributed by atoms with Crippen molar-refractivity contribution < 1.29 is 9.59 Å². The van der Waals surface area contributed by atoms with Crippen LogP contribution in [0.5, 0.6) is 0 Å². The fourth-order valence-corrected chi connectivity index (χ4v) is 3.39. The molecule has 1 aromatic carbocycles. The van der Waals surface area contributed by atoms with E-state index in [1.54, 1.807) is 0 Å². The van der Waals surface area contributed by atoms with Crippen molar-refractivity contribution in [3.8, 4) is 0 Å². The first-order valence-electron chi connectivity index (χ1n) is 8.51. The lowest BCUT2D eigenvalue weighted by molar-refractivity contribution is -0.129. The van der Waals surface area contributed by atoms with Gasteiger partial charge in [-0.05, 0) is 30.7 Å². The van der Waals surface area contributed by atoms with Crippen molar-refractivity contribution in [2.75, 3.05) is 13.1 Å². The van der Waals surface area contributed by atoms with Gasteiger partial charge in [-0.25, -0.2) is 0 Å². The van der Waals surface area contributed by atoms with Crippen molar-refractivity contribution in [1.82, 2.24) is 10.2 Å². The van der Waals surface area contributed by atoms with E-state index in [4.69, 9.17) is 0 Å². The second kappa shape index (κ2) is 7.44. The van der Waals surface area contributed by atoms with Crippen LogP contribution in [-0.2, 0) is 9.59 Å². The smallest absolute Gasteiger partial charge is 0.222 e. The molecule has 0 aromatic heterocycles. The lowest BCUT2D eigenvalue weighted by Gasteiger charge is -2.25. The number of likely N-dealkylation sites (tertiary alicyclic amines) is 1. The molecule has 4 nitrogen and oxygen atoms in total. The largest absolute Gasteiger partial charge is 0.347 e. The molecule has 2 amide bonds. The van der Waals surface area contributed by atoms with E-state index in [2.05, 4.69) is 17.5 Å². The Balaban J connectivity index is 1.65. The Morgan fingerprint density at radius 2 is 2.13 bits per heavy atom. The second-order valence-corrected chi connectivity index (χ2v) is 6.44. The number of hydrogen-bond donors (Lipinski definition) is 1. The van der Waals surface area contributed by atoms with Gasteiger partial charge in [0.1, 0.15) is 0 Å². The molecule has 1 aliphatic heterocycles. The van der Waals surface area contributed by atoms with Gasteiger partial charge < -0.3 is 10.2 Å². The summed E-state index contributed by atoms with van der Waals surface area (Å²) in [5.41, 5.74) is 1.06. The van der Waals surface area contributed by atoms with E-state index in [-0.39, 0.29) is 17.9 Å². The van der Waals surface area contributed by atoms with Crippen molar-refractivity contribution in [2.45, 2.75) is 38.1 Å². The van der Waals surface area contributed by atoms with Crippen molar-refractivity contribution in [1.29, 1.82) is 0 Å². The maximum Gasteiger partial charge on any atom is 0.222 e. The van der Waals surface area contributed by atoms with Gasteiger partial charge in [0, 0.05) is 25.9 Å². The normalized spacial score (nSPS) is 21.7. The lowest BCUT2D eigenvalue weighted by Crippen LogP contribution is -2.39. The molecule has 4 heteroatoms. The first-order valence-corrected chi connectivity index (χ1v) is 8.51. The van der Waals surface area contributed by atoms with Crippen LogP contribution in [0.25, 0.3) is 0 Å². The van der Waals surface area contributed by atoms with E-state index in [0.717, 1.165) is 31.4 Å². The highest BCUT2D eigenvalue weighted by molar-refractivity contribution is 5.79. The molecule has 1 N–H and O–H groups in total. The summed E-state index contributed by atoms with van der Waals surface area (Å²) in [6.45, 7) is 1.36. The van der Waals surface area contributed by atoms with Crippen LogP contribution in [0.4, 0.5) is 0 Å². The number of benzene rings is 1. The monoisotopic (exact) mass is 312 g/mol. The van der Waals surface area contributed by atoms with Crippen LogP contribution in [-0.4, -0.2) is 29.8 Å². The van der Waals surface area contributed by atoms with Crippen LogP contribution in [0.15, 0.2) is 42.5 Å². The molecule has 0 bridgehead atoms.